The number of ether oxygens (including phenoxy) is 1. The maximum Gasteiger partial charge on any atom is 0.120 e. The van der Waals surface area contributed by atoms with Crippen LogP contribution in [0.25, 0.3) is 0 Å². The molecule has 0 bridgehead atoms. The third-order valence-electron chi connectivity index (χ3n) is 1.45. The van der Waals surface area contributed by atoms with Gasteiger partial charge in [-0.25, -0.2) is 0 Å². The van der Waals surface area contributed by atoms with Crippen molar-refractivity contribution in [3.63, 3.8) is 0 Å². The van der Waals surface area contributed by atoms with Gasteiger partial charge in [0, 0.05) is 19.6 Å². The fourth-order valence-corrected chi connectivity index (χ4v) is 0.905. The van der Waals surface area contributed by atoms with Crippen molar-refractivity contribution in [3.8, 4) is 0 Å². The van der Waals surface area contributed by atoms with E-state index in [1.54, 1.807) is 0 Å². The number of aldehydes is 1. The Hall–Kier alpha value is -0.370. The third kappa shape index (κ3) is 1.30. The molecule has 1 saturated heterocycles. The van der Waals surface area contributed by atoms with E-state index in [0.29, 0.717) is 12.3 Å². The van der Waals surface area contributed by atoms with E-state index in [0.717, 1.165) is 25.9 Å². The SMILES string of the molecule is O=CCC1CCOC1. The van der Waals surface area contributed by atoms with Crippen LogP contribution in [0.3, 0.4) is 0 Å². The maximum absolute atomic E-state index is 9.91. The minimum Gasteiger partial charge on any atom is -0.381 e. The first-order valence-electron chi connectivity index (χ1n) is 2.95. The zero-order chi connectivity index (χ0) is 5.82. The number of rotatable bonds is 2. The van der Waals surface area contributed by atoms with E-state index >= 15 is 0 Å². The fourth-order valence-electron chi connectivity index (χ4n) is 0.905. The number of carbonyl (C=O) groups excluding carboxylic acids is 1. The first kappa shape index (κ1) is 5.76. The van der Waals surface area contributed by atoms with Gasteiger partial charge in [-0.05, 0) is 12.3 Å². The molecular weight excluding hydrogens is 104 g/mol. The van der Waals surface area contributed by atoms with Gasteiger partial charge in [0.15, 0.2) is 0 Å². The van der Waals surface area contributed by atoms with Crippen molar-refractivity contribution in [1.82, 2.24) is 0 Å². The lowest BCUT2D eigenvalue weighted by Gasteiger charge is -1.96. The molecule has 8 heavy (non-hydrogen) atoms. The highest BCUT2D eigenvalue weighted by atomic mass is 16.5. The van der Waals surface area contributed by atoms with Gasteiger partial charge in [0.1, 0.15) is 6.29 Å². The van der Waals surface area contributed by atoms with Crippen molar-refractivity contribution in [2.75, 3.05) is 13.2 Å². The van der Waals surface area contributed by atoms with E-state index in [1.807, 2.05) is 0 Å². The van der Waals surface area contributed by atoms with Crippen LogP contribution in [0.1, 0.15) is 12.8 Å². The highest BCUT2D eigenvalue weighted by Crippen LogP contribution is 2.13. The van der Waals surface area contributed by atoms with Crippen molar-refractivity contribution in [1.29, 1.82) is 0 Å². The van der Waals surface area contributed by atoms with Gasteiger partial charge in [-0.15, -0.1) is 0 Å². The summed E-state index contributed by atoms with van der Waals surface area (Å²) in [6, 6.07) is 0. The van der Waals surface area contributed by atoms with E-state index in [1.165, 1.54) is 0 Å². The molecule has 46 valence electrons. The zero-order valence-electron chi connectivity index (χ0n) is 4.80. The summed E-state index contributed by atoms with van der Waals surface area (Å²) in [6.07, 6.45) is 2.72. The first-order valence-corrected chi connectivity index (χ1v) is 2.95. The van der Waals surface area contributed by atoms with Gasteiger partial charge in [-0.2, -0.15) is 0 Å². The summed E-state index contributed by atoms with van der Waals surface area (Å²) in [7, 11) is 0. The van der Waals surface area contributed by atoms with Crippen LogP contribution >= 0.6 is 0 Å². The first-order chi connectivity index (χ1) is 3.93. The Bertz CT molecular complexity index is 74.6. The molecule has 1 atom stereocenters. The number of carbonyl (C=O) groups is 1. The smallest absolute Gasteiger partial charge is 0.120 e. The lowest BCUT2D eigenvalue weighted by atomic mass is 10.1. The highest BCUT2D eigenvalue weighted by Gasteiger charge is 2.13. The minimum absolute atomic E-state index is 0.521. The second-order valence-electron chi connectivity index (χ2n) is 2.13. The molecule has 0 aromatic heterocycles. The molecule has 1 fully saturated rings. The lowest BCUT2D eigenvalue weighted by Crippen LogP contribution is -1.98. The van der Waals surface area contributed by atoms with Crippen LogP contribution in [-0.2, 0) is 9.53 Å². The van der Waals surface area contributed by atoms with E-state index in [9.17, 15) is 4.79 Å². The molecule has 1 heterocycles. The monoisotopic (exact) mass is 114 g/mol. The Kier molecular flexibility index (Phi) is 2.03. The Balaban J connectivity index is 2.14. The quantitative estimate of drug-likeness (QED) is 0.492. The van der Waals surface area contributed by atoms with Crippen LogP contribution in [0.2, 0.25) is 0 Å². The standard InChI is InChI=1S/C6H10O2/c7-3-1-6-2-4-8-5-6/h3,6H,1-2,4-5H2. The summed E-state index contributed by atoms with van der Waals surface area (Å²) >= 11 is 0. The van der Waals surface area contributed by atoms with Crippen molar-refractivity contribution in [2.24, 2.45) is 5.92 Å². The Morgan fingerprint density at radius 2 is 2.62 bits per heavy atom. The predicted molar refractivity (Wildman–Crippen MR) is 29.6 cm³/mol. The maximum atomic E-state index is 9.91. The second kappa shape index (κ2) is 2.82. The third-order valence-corrected chi connectivity index (χ3v) is 1.45. The summed E-state index contributed by atoms with van der Waals surface area (Å²) in [6.45, 7) is 1.64. The van der Waals surface area contributed by atoms with E-state index in [2.05, 4.69) is 0 Å². The van der Waals surface area contributed by atoms with Crippen LogP contribution in [0.4, 0.5) is 0 Å². The van der Waals surface area contributed by atoms with Gasteiger partial charge < -0.3 is 9.53 Å². The molecule has 0 amide bonds. The lowest BCUT2D eigenvalue weighted by molar-refractivity contribution is -0.108. The molecule has 2 nitrogen and oxygen atoms in total. The van der Waals surface area contributed by atoms with Gasteiger partial charge in [0.2, 0.25) is 0 Å². The second-order valence-corrected chi connectivity index (χ2v) is 2.13. The summed E-state index contributed by atoms with van der Waals surface area (Å²) in [5.41, 5.74) is 0. The van der Waals surface area contributed by atoms with E-state index in [-0.39, 0.29) is 0 Å². The Labute approximate surface area is 48.8 Å². The topological polar surface area (TPSA) is 26.3 Å². The molecule has 1 rings (SSSR count). The van der Waals surface area contributed by atoms with Crippen LogP contribution < -0.4 is 0 Å². The van der Waals surface area contributed by atoms with Gasteiger partial charge in [-0.3, -0.25) is 0 Å². The number of hydrogen-bond acceptors (Lipinski definition) is 2. The van der Waals surface area contributed by atoms with Gasteiger partial charge >= 0.3 is 0 Å². The van der Waals surface area contributed by atoms with Crippen molar-refractivity contribution in [3.05, 3.63) is 0 Å². The van der Waals surface area contributed by atoms with Crippen molar-refractivity contribution < 1.29 is 9.53 Å². The van der Waals surface area contributed by atoms with Gasteiger partial charge in [0.25, 0.3) is 0 Å². The predicted octanol–water partition coefficient (Wildman–Crippen LogP) is 0.612. The molecule has 0 saturated carbocycles. The Morgan fingerprint density at radius 3 is 3.12 bits per heavy atom. The highest BCUT2D eigenvalue weighted by molar-refractivity contribution is 5.49. The molecule has 0 N–H and O–H groups in total. The molecule has 2 heteroatoms. The summed E-state index contributed by atoms with van der Waals surface area (Å²) in [5.74, 6) is 0.521. The molecular formula is C6H10O2. The molecule has 1 unspecified atom stereocenters. The van der Waals surface area contributed by atoms with Crippen molar-refractivity contribution >= 4 is 6.29 Å². The van der Waals surface area contributed by atoms with E-state index in [4.69, 9.17) is 4.74 Å². The van der Waals surface area contributed by atoms with Crippen LogP contribution in [0.5, 0.6) is 0 Å². The molecule has 0 spiro atoms. The van der Waals surface area contributed by atoms with E-state index < -0.39 is 0 Å². The van der Waals surface area contributed by atoms with Crippen molar-refractivity contribution in [2.45, 2.75) is 12.8 Å². The zero-order valence-corrected chi connectivity index (χ0v) is 4.80. The number of hydrogen-bond donors (Lipinski definition) is 0. The van der Waals surface area contributed by atoms with Gasteiger partial charge in [0.05, 0.1) is 0 Å². The molecule has 1 aliphatic heterocycles. The molecule has 0 aromatic rings. The van der Waals surface area contributed by atoms with Crippen LogP contribution in [0, 0.1) is 5.92 Å². The van der Waals surface area contributed by atoms with Crippen LogP contribution in [0.15, 0.2) is 0 Å². The average Bonchev–Trinajstić information content (AvgIpc) is 2.19. The largest absolute Gasteiger partial charge is 0.381 e. The molecule has 0 aromatic carbocycles. The van der Waals surface area contributed by atoms with Gasteiger partial charge in [-0.1, -0.05) is 0 Å². The Morgan fingerprint density at radius 1 is 1.75 bits per heavy atom. The molecule has 0 radical (unpaired) electrons. The summed E-state index contributed by atoms with van der Waals surface area (Å²) < 4.78 is 5.05. The summed E-state index contributed by atoms with van der Waals surface area (Å²) in [4.78, 5) is 9.91. The molecule has 0 aliphatic carbocycles. The fraction of sp³-hybridized carbons (Fsp3) is 0.833. The van der Waals surface area contributed by atoms with Crippen LogP contribution in [-0.4, -0.2) is 19.5 Å². The molecule has 1 aliphatic rings. The average molecular weight is 114 g/mol. The summed E-state index contributed by atoms with van der Waals surface area (Å²) in [5, 5.41) is 0. The normalized spacial score (nSPS) is 28.2. The minimum atomic E-state index is 0.521.